The molecule has 3 aromatic heterocycles. The van der Waals surface area contributed by atoms with E-state index < -0.39 is 5.54 Å². The Morgan fingerprint density at radius 3 is 2.82 bits per heavy atom. The van der Waals surface area contributed by atoms with Crippen LogP contribution in [0.2, 0.25) is 0 Å². The van der Waals surface area contributed by atoms with Crippen LogP contribution in [0, 0.1) is 0 Å². The maximum atomic E-state index is 6.72. The van der Waals surface area contributed by atoms with Gasteiger partial charge in [-0.25, -0.2) is 19.9 Å². The first-order valence-corrected chi connectivity index (χ1v) is 9.35. The second kappa shape index (κ2) is 6.25. The van der Waals surface area contributed by atoms with Crippen molar-refractivity contribution in [2.24, 2.45) is 11.5 Å². The fourth-order valence-electron chi connectivity index (χ4n) is 3.88. The van der Waals surface area contributed by atoms with E-state index in [1.54, 1.807) is 19.8 Å². The largest absolute Gasteiger partial charge is 0.497 e. The van der Waals surface area contributed by atoms with Crippen LogP contribution in [0.3, 0.4) is 0 Å². The zero-order chi connectivity index (χ0) is 19.3. The van der Waals surface area contributed by atoms with E-state index >= 15 is 0 Å². The quantitative estimate of drug-likeness (QED) is 0.494. The lowest BCUT2D eigenvalue weighted by atomic mass is 9.80. The summed E-state index contributed by atoms with van der Waals surface area (Å²) in [6.45, 7) is 0. The van der Waals surface area contributed by atoms with Crippen molar-refractivity contribution in [3.05, 3.63) is 36.7 Å². The highest BCUT2D eigenvalue weighted by Gasteiger charge is 2.36. The molecule has 0 atom stereocenters. The number of imidazole rings is 2. The maximum absolute atomic E-state index is 6.72. The number of hydrogen-bond donors (Lipinski definition) is 3. The molecule has 0 unspecified atom stereocenters. The zero-order valence-corrected chi connectivity index (χ0v) is 15.6. The van der Waals surface area contributed by atoms with Gasteiger partial charge in [-0.1, -0.05) is 0 Å². The summed E-state index contributed by atoms with van der Waals surface area (Å²) >= 11 is 0. The van der Waals surface area contributed by atoms with E-state index in [1.807, 2.05) is 22.8 Å². The number of aromatic amines is 1. The summed E-state index contributed by atoms with van der Waals surface area (Å²) < 4.78 is 7.23. The molecule has 1 aliphatic rings. The Hall–Kier alpha value is -3.04. The first-order chi connectivity index (χ1) is 13.6. The molecule has 144 valence electrons. The summed E-state index contributed by atoms with van der Waals surface area (Å²) in [5.74, 6) is 2.04. The Kier molecular flexibility index (Phi) is 3.81. The van der Waals surface area contributed by atoms with E-state index in [2.05, 4.69) is 19.9 Å². The fourth-order valence-corrected chi connectivity index (χ4v) is 3.88. The smallest absolute Gasteiger partial charge is 0.183 e. The van der Waals surface area contributed by atoms with Crippen LogP contribution in [-0.2, 0) is 5.54 Å². The van der Waals surface area contributed by atoms with Crippen LogP contribution in [0.4, 0.5) is 0 Å². The van der Waals surface area contributed by atoms with E-state index in [1.165, 1.54) is 0 Å². The van der Waals surface area contributed by atoms with Crippen LogP contribution < -0.4 is 16.2 Å². The van der Waals surface area contributed by atoms with Gasteiger partial charge in [0.1, 0.15) is 17.6 Å². The molecule has 28 heavy (non-hydrogen) atoms. The maximum Gasteiger partial charge on any atom is 0.183 e. The minimum absolute atomic E-state index is 0.192. The molecule has 5 rings (SSSR count). The highest BCUT2D eigenvalue weighted by Crippen LogP contribution is 2.34. The monoisotopic (exact) mass is 378 g/mol. The molecule has 1 fully saturated rings. The lowest BCUT2D eigenvalue weighted by Crippen LogP contribution is -2.45. The third-order valence-electron chi connectivity index (χ3n) is 5.62. The molecule has 9 heteroatoms. The number of H-pyrrole nitrogens is 1. The number of rotatable bonds is 3. The topological polar surface area (TPSA) is 134 Å². The Bertz CT molecular complexity index is 1160. The molecule has 5 N–H and O–H groups in total. The molecule has 4 aromatic rings. The van der Waals surface area contributed by atoms with Gasteiger partial charge in [0.15, 0.2) is 17.3 Å². The second-order valence-corrected chi connectivity index (χ2v) is 7.43. The standard InChI is InChI=1S/C19H22N8O/c1-28-12-2-3-14-13(8-12)24-10-27(14)17-15-16(23-9-22-15)25-18(26-17)19(21)6-4-11(20)5-7-19/h2-3,8-11H,4-7,20-21H2,1H3,(H,22,23,25,26). The molecule has 1 aromatic carbocycles. The number of ether oxygens (including phenoxy) is 1. The van der Waals surface area contributed by atoms with Crippen LogP contribution in [-0.4, -0.2) is 42.6 Å². The van der Waals surface area contributed by atoms with Crippen molar-refractivity contribution in [1.82, 2.24) is 29.5 Å². The first-order valence-electron chi connectivity index (χ1n) is 9.35. The molecule has 0 bridgehead atoms. The molecule has 0 amide bonds. The van der Waals surface area contributed by atoms with E-state index in [0.717, 1.165) is 48.0 Å². The predicted octanol–water partition coefficient (Wildman–Crippen LogP) is 1.76. The number of nitrogens with zero attached hydrogens (tertiary/aromatic N) is 5. The highest BCUT2D eigenvalue weighted by atomic mass is 16.5. The normalized spacial score (nSPS) is 22.8. The van der Waals surface area contributed by atoms with E-state index in [-0.39, 0.29) is 6.04 Å². The van der Waals surface area contributed by atoms with Crippen LogP contribution in [0.1, 0.15) is 31.5 Å². The number of aromatic nitrogens is 6. The van der Waals surface area contributed by atoms with Gasteiger partial charge in [0.25, 0.3) is 0 Å². The second-order valence-electron chi connectivity index (χ2n) is 7.43. The third-order valence-corrected chi connectivity index (χ3v) is 5.62. The van der Waals surface area contributed by atoms with Gasteiger partial charge in [-0.05, 0) is 37.8 Å². The van der Waals surface area contributed by atoms with Crippen molar-refractivity contribution < 1.29 is 4.74 Å². The van der Waals surface area contributed by atoms with Crippen LogP contribution in [0.15, 0.2) is 30.9 Å². The lowest BCUT2D eigenvalue weighted by Gasteiger charge is -2.34. The zero-order valence-electron chi connectivity index (χ0n) is 15.6. The third kappa shape index (κ3) is 2.62. The van der Waals surface area contributed by atoms with Gasteiger partial charge < -0.3 is 21.2 Å². The minimum atomic E-state index is -0.600. The fraction of sp³-hybridized carbons (Fsp3) is 0.368. The van der Waals surface area contributed by atoms with E-state index in [4.69, 9.17) is 21.2 Å². The number of hydrogen-bond acceptors (Lipinski definition) is 7. The first kappa shape index (κ1) is 17.1. The number of nitrogens with one attached hydrogen (secondary N) is 1. The number of nitrogens with two attached hydrogens (primary N) is 2. The minimum Gasteiger partial charge on any atom is -0.497 e. The highest BCUT2D eigenvalue weighted by molar-refractivity contribution is 5.84. The van der Waals surface area contributed by atoms with Gasteiger partial charge in [-0.3, -0.25) is 4.57 Å². The molecule has 3 heterocycles. The van der Waals surface area contributed by atoms with Gasteiger partial charge in [-0.2, -0.15) is 0 Å². The average Bonchev–Trinajstić information content (AvgIpc) is 3.35. The molecule has 0 spiro atoms. The molecule has 1 saturated carbocycles. The molecule has 0 radical (unpaired) electrons. The Morgan fingerprint density at radius 2 is 2.04 bits per heavy atom. The van der Waals surface area contributed by atoms with E-state index in [9.17, 15) is 0 Å². The van der Waals surface area contributed by atoms with Gasteiger partial charge in [0.05, 0.1) is 30.0 Å². The SMILES string of the molecule is COc1ccc2c(c1)ncn2-c1nc(C2(N)CCC(N)CC2)nc2nc[nH]c12. The Labute approximate surface area is 161 Å². The van der Waals surface area contributed by atoms with Gasteiger partial charge in [0.2, 0.25) is 0 Å². The van der Waals surface area contributed by atoms with Crippen molar-refractivity contribution in [2.45, 2.75) is 37.3 Å². The summed E-state index contributed by atoms with van der Waals surface area (Å²) in [6.07, 6.45) is 6.60. The summed E-state index contributed by atoms with van der Waals surface area (Å²) in [6, 6.07) is 5.95. The number of fused-ring (bicyclic) bond motifs is 2. The molecule has 0 saturated heterocycles. The Balaban J connectivity index is 1.68. The Morgan fingerprint density at radius 1 is 1.21 bits per heavy atom. The molecule has 9 nitrogen and oxygen atoms in total. The predicted molar refractivity (Wildman–Crippen MR) is 105 cm³/mol. The number of benzene rings is 1. The van der Waals surface area contributed by atoms with Crippen molar-refractivity contribution in [2.75, 3.05) is 7.11 Å². The van der Waals surface area contributed by atoms with Crippen molar-refractivity contribution >= 4 is 22.2 Å². The summed E-state index contributed by atoms with van der Waals surface area (Å²) in [5, 5.41) is 0. The van der Waals surface area contributed by atoms with Crippen molar-refractivity contribution in [3.8, 4) is 11.6 Å². The van der Waals surface area contributed by atoms with Crippen LogP contribution in [0.25, 0.3) is 28.0 Å². The molecular weight excluding hydrogens is 356 g/mol. The van der Waals surface area contributed by atoms with Crippen molar-refractivity contribution in [1.29, 1.82) is 0 Å². The van der Waals surface area contributed by atoms with Crippen LogP contribution in [0.5, 0.6) is 5.75 Å². The summed E-state index contributed by atoms with van der Waals surface area (Å²) in [5.41, 5.74) is 15.3. The number of methoxy groups -OCH3 is 1. The van der Waals surface area contributed by atoms with E-state index in [0.29, 0.717) is 17.3 Å². The molecular formula is C19H22N8O. The van der Waals surface area contributed by atoms with Crippen molar-refractivity contribution in [3.63, 3.8) is 0 Å². The average molecular weight is 378 g/mol. The van der Waals surface area contributed by atoms with Crippen LogP contribution >= 0.6 is 0 Å². The van der Waals surface area contributed by atoms with Gasteiger partial charge in [0, 0.05) is 12.1 Å². The van der Waals surface area contributed by atoms with Gasteiger partial charge in [-0.15, -0.1) is 0 Å². The lowest BCUT2D eigenvalue weighted by molar-refractivity contribution is 0.265. The molecule has 0 aliphatic heterocycles. The summed E-state index contributed by atoms with van der Waals surface area (Å²) in [4.78, 5) is 21.5. The molecule has 1 aliphatic carbocycles. The van der Waals surface area contributed by atoms with Gasteiger partial charge >= 0.3 is 0 Å². The summed E-state index contributed by atoms with van der Waals surface area (Å²) in [7, 11) is 1.64.